The molecule has 1 atom stereocenters. The summed E-state index contributed by atoms with van der Waals surface area (Å²) in [6.07, 6.45) is 2.95. The Morgan fingerprint density at radius 1 is 1.20 bits per heavy atom. The number of halogens is 1. The predicted molar refractivity (Wildman–Crippen MR) is 85.7 cm³/mol. The van der Waals surface area contributed by atoms with Crippen molar-refractivity contribution in [2.45, 2.75) is 25.6 Å². The molecule has 2 fully saturated rings. The number of guanidine groups is 1. The number of aromatic nitrogens is 3. The van der Waals surface area contributed by atoms with E-state index in [-0.39, 0.29) is 24.3 Å². The zero-order chi connectivity index (χ0) is 17.4. The van der Waals surface area contributed by atoms with E-state index in [1.54, 1.807) is 4.90 Å². The van der Waals surface area contributed by atoms with Crippen LogP contribution >= 0.6 is 0 Å². The molecule has 1 aromatic heterocycles. The first-order valence-electron chi connectivity index (χ1n) is 8.32. The lowest BCUT2D eigenvalue weighted by Gasteiger charge is -2.36. The molecule has 2 aliphatic heterocycles. The van der Waals surface area contributed by atoms with Gasteiger partial charge in [-0.1, -0.05) is 0 Å². The zero-order valence-electron chi connectivity index (χ0n) is 13.6. The van der Waals surface area contributed by atoms with Crippen LogP contribution in [0, 0.1) is 5.92 Å². The lowest BCUT2D eigenvalue weighted by atomic mass is 10.1. The highest BCUT2D eigenvalue weighted by atomic mass is 19.1. The molecule has 4 rings (SSSR count). The molecule has 9 nitrogen and oxygen atoms in total. The van der Waals surface area contributed by atoms with Gasteiger partial charge in [0, 0.05) is 32.1 Å². The topological polar surface area (TPSA) is 96.1 Å². The van der Waals surface area contributed by atoms with Crippen LogP contribution in [-0.4, -0.2) is 80.4 Å². The van der Waals surface area contributed by atoms with Crippen molar-refractivity contribution in [1.82, 2.24) is 24.6 Å². The lowest BCUT2D eigenvalue weighted by molar-refractivity contribution is -0.133. The Morgan fingerprint density at radius 2 is 1.96 bits per heavy atom. The highest BCUT2D eigenvalue weighted by Crippen LogP contribution is 2.34. The van der Waals surface area contributed by atoms with Crippen LogP contribution in [-0.2, 0) is 16.1 Å². The minimum atomic E-state index is -1.69. The molecule has 2 amide bonds. The van der Waals surface area contributed by atoms with Gasteiger partial charge in [0.1, 0.15) is 19.2 Å². The van der Waals surface area contributed by atoms with Crippen LogP contribution in [0.3, 0.4) is 0 Å². The maximum absolute atomic E-state index is 13.9. The van der Waals surface area contributed by atoms with Crippen molar-refractivity contribution < 1.29 is 14.0 Å². The van der Waals surface area contributed by atoms with Gasteiger partial charge in [-0.2, -0.15) is 10.1 Å². The molecule has 3 aliphatic rings. The first-order valence-corrected chi connectivity index (χ1v) is 8.32. The average Bonchev–Trinajstić information content (AvgIpc) is 3.34. The summed E-state index contributed by atoms with van der Waals surface area (Å²) >= 11 is 0. The number of alkyl halides is 1. The van der Waals surface area contributed by atoms with Crippen molar-refractivity contribution in [2.75, 3.05) is 26.2 Å². The van der Waals surface area contributed by atoms with Crippen LogP contribution in [0.15, 0.2) is 22.6 Å². The van der Waals surface area contributed by atoms with Crippen molar-refractivity contribution in [3.8, 4) is 0 Å². The molecule has 10 heteroatoms. The quantitative estimate of drug-likeness (QED) is 0.735. The minimum absolute atomic E-state index is 0.0437. The largest absolute Gasteiger partial charge is 0.338 e. The zero-order valence-corrected chi connectivity index (χ0v) is 13.6. The highest BCUT2D eigenvalue weighted by Gasteiger charge is 2.40. The van der Waals surface area contributed by atoms with E-state index in [2.05, 4.69) is 20.1 Å². The van der Waals surface area contributed by atoms with Crippen molar-refractivity contribution >= 4 is 23.5 Å². The van der Waals surface area contributed by atoms with E-state index in [0.29, 0.717) is 31.9 Å². The molecule has 0 bridgehead atoms. The third-order valence-electron chi connectivity index (χ3n) is 4.59. The van der Waals surface area contributed by atoms with E-state index in [1.165, 1.54) is 17.3 Å². The predicted octanol–water partition coefficient (Wildman–Crippen LogP) is -0.492. The number of aliphatic imine (C=N–C) groups is 2. The monoisotopic (exact) mass is 347 g/mol. The molecule has 3 heterocycles. The average molecular weight is 347 g/mol. The lowest BCUT2D eigenvalue weighted by Crippen LogP contribution is -2.52. The summed E-state index contributed by atoms with van der Waals surface area (Å²) in [5, 5.41) is 3.92. The summed E-state index contributed by atoms with van der Waals surface area (Å²) in [6, 6.07) is 0. The Bertz CT molecular complexity index is 733. The van der Waals surface area contributed by atoms with Gasteiger partial charge in [0.15, 0.2) is 0 Å². The van der Waals surface area contributed by atoms with E-state index in [9.17, 15) is 14.0 Å². The summed E-state index contributed by atoms with van der Waals surface area (Å²) in [6.45, 7) is 2.15. The van der Waals surface area contributed by atoms with Crippen LogP contribution in [0.25, 0.3) is 0 Å². The number of amides is 2. The SMILES string of the molecule is O=C1N=C(N2CCN(C(=O)Cn3cncn3)CC2)N=C(C2CC2)C1F. The van der Waals surface area contributed by atoms with Gasteiger partial charge in [-0.15, -0.1) is 0 Å². The summed E-state index contributed by atoms with van der Waals surface area (Å²) in [5.41, 5.74) is 0.319. The number of hydrogen-bond donors (Lipinski definition) is 0. The summed E-state index contributed by atoms with van der Waals surface area (Å²) in [5.74, 6) is -0.450. The molecule has 1 aliphatic carbocycles. The molecule has 1 saturated carbocycles. The second kappa shape index (κ2) is 6.34. The summed E-state index contributed by atoms with van der Waals surface area (Å²) in [7, 11) is 0. The smallest absolute Gasteiger partial charge is 0.289 e. The van der Waals surface area contributed by atoms with Crippen molar-refractivity contribution in [3.63, 3.8) is 0 Å². The standard InChI is InChI=1S/C15H18FN7O2/c16-12-13(10-1-2-10)19-15(20-14(12)25)22-5-3-21(4-6-22)11(24)7-23-9-17-8-18-23/h8-10,12H,1-7H2. The van der Waals surface area contributed by atoms with E-state index in [4.69, 9.17) is 0 Å². The fourth-order valence-corrected chi connectivity index (χ4v) is 3.01. The number of carbonyl (C=O) groups is 2. The van der Waals surface area contributed by atoms with Gasteiger partial charge >= 0.3 is 0 Å². The Morgan fingerprint density at radius 3 is 2.60 bits per heavy atom. The number of carbonyl (C=O) groups excluding carboxylic acids is 2. The van der Waals surface area contributed by atoms with Gasteiger partial charge in [-0.3, -0.25) is 9.59 Å². The highest BCUT2D eigenvalue weighted by molar-refractivity contribution is 6.18. The van der Waals surface area contributed by atoms with Crippen LogP contribution in [0.5, 0.6) is 0 Å². The molecular weight excluding hydrogens is 329 g/mol. The van der Waals surface area contributed by atoms with E-state index < -0.39 is 12.1 Å². The van der Waals surface area contributed by atoms with E-state index >= 15 is 0 Å². The fourth-order valence-electron chi connectivity index (χ4n) is 3.01. The molecule has 25 heavy (non-hydrogen) atoms. The molecule has 132 valence electrons. The maximum Gasteiger partial charge on any atom is 0.289 e. The molecule has 1 saturated heterocycles. The van der Waals surface area contributed by atoms with Crippen LogP contribution in [0.2, 0.25) is 0 Å². The molecular formula is C15H18FN7O2. The van der Waals surface area contributed by atoms with Crippen molar-refractivity contribution in [2.24, 2.45) is 15.9 Å². The second-order valence-corrected chi connectivity index (χ2v) is 6.38. The van der Waals surface area contributed by atoms with E-state index in [0.717, 1.165) is 12.8 Å². The van der Waals surface area contributed by atoms with Gasteiger partial charge < -0.3 is 9.80 Å². The number of hydrogen-bond acceptors (Lipinski definition) is 6. The summed E-state index contributed by atoms with van der Waals surface area (Å²) in [4.78, 5) is 39.5. The number of piperazine rings is 1. The van der Waals surface area contributed by atoms with Crippen LogP contribution in [0.1, 0.15) is 12.8 Å². The molecule has 0 spiro atoms. The fraction of sp³-hybridized carbons (Fsp3) is 0.600. The first kappa shape index (κ1) is 15.9. The minimum Gasteiger partial charge on any atom is -0.338 e. The Kier molecular flexibility index (Phi) is 4.02. The Labute approximate surface area is 143 Å². The van der Waals surface area contributed by atoms with Crippen LogP contribution in [0.4, 0.5) is 4.39 Å². The summed E-state index contributed by atoms with van der Waals surface area (Å²) < 4.78 is 15.4. The van der Waals surface area contributed by atoms with Gasteiger partial charge in [0.2, 0.25) is 18.0 Å². The maximum atomic E-state index is 13.9. The normalized spacial score (nSPS) is 24.2. The van der Waals surface area contributed by atoms with E-state index in [1.807, 2.05) is 4.90 Å². The molecule has 0 N–H and O–H groups in total. The van der Waals surface area contributed by atoms with Gasteiger partial charge in [0.25, 0.3) is 5.91 Å². The third-order valence-corrected chi connectivity index (χ3v) is 4.59. The second-order valence-electron chi connectivity index (χ2n) is 6.38. The van der Waals surface area contributed by atoms with Gasteiger partial charge in [-0.25, -0.2) is 19.0 Å². The van der Waals surface area contributed by atoms with Crippen molar-refractivity contribution in [1.29, 1.82) is 0 Å². The molecule has 0 radical (unpaired) electrons. The first-order chi connectivity index (χ1) is 12.1. The number of rotatable bonds is 3. The number of nitrogens with zero attached hydrogens (tertiary/aromatic N) is 7. The van der Waals surface area contributed by atoms with Gasteiger partial charge in [0.05, 0.1) is 5.71 Å². The van der Waals surface area contributed by atoms with Crippen LogP contribution < -0.4 is 0 Å². The molecule has 1 unspecified atom stereocenters. The third kappa shape index (κ3) is 3.28. The van der Waals surface area contributed by atoms with Crippen molar-refractivity contribution in [3.05, 3.63) is 12.7 Å². The Hall–Kier alpha value is -2.65. The van der Waals surface area contributed by atoms with Gasteiger partial charge in [-0.05, 0) is 12.8 Å². The molecule has 1 aromatic rings. The molecule has 0 aromatic carbocycles. The Balaban J connectivity index is 1.37.